The van der Waals surface area contributed by atoms with Gasteiger partial charge in [-0.3, -0.25) is 14.3 Å². The third-order valence-corrected chi connectivity index (χ3v) is 12.0. The topological polar surface area (TPSA) is 163 Å². The number of anilines is 2. The highest BCUT2D eigenvalue weighted by atomic mass is 15.3. The molecule has 1 saturated heterocycles. The van der Waals surface area contributed by atoms with Crippen LogP contribution in [0.2, 0.25) is 0 Å². The first kappa shape index (κ1) is 41.4. The van der Waals surface area contributed by atoms with Crippen molar-refractivity contribution in [3.05, 3.63) is 120 Å². The Morgan fingerprint density at radius 1 is 0.689 bits per heavy atom. The molecule has 14 heteroatoms. The number of nitrogens with zero attached hydrogens (tertiary/aromatic N) is 9. The van der Waals surface area contributed by atoms with E-state index in [1.807, 2.05) is 23.2 Å². The summed E-state index contributed by atoms with van der Waals surface area (Å²) >= 11 is 0. The molecular formula is C47H60N14. The number of hydrogen-bond donors (Lipinski definition) is 5. The standard InChI is InChI=1S/C47H60N14/c1-9-60-42(23-29(3)55-60)33(7)51-46-53-40-27-37(31(5)48)25-35-13-15-39(57-21-17-50-18-22-57)16-14-36-26-38(32(6)49)28-41-45(36)59(20-12-11-19-58(46)44(35)40)47(54-41)52-34(8)43-24-30(4)56-61(43)10-2/h11-12,23-28,39,50H,5-10,13-22,48-49H2,1-4H3,(H,51,53)(H,52,54)/b12-11+. The van der Waals surface area contributed by atoms with Gasteiger partial charge < -0.3 is 36.6 Å². The Morgan fingerprint density at radius 2 is 1.13 bits per heavy atom. The van der Waals surface area contributed by atoms with Crippen molar-refractivity contribution in [2.24, 2.45) is 11.5 Å². The van der Waals surface area contributed by atoms with Gasteiger partial charge in [-0.05, 0) is 112 Å². The number of hydrogen-bond acceptors (Lipinski definition) is 10. The van der Waals surface area contributed by atoms with Gasteiger partial charge >= 0.3 is 0 Å². The van der Waals surface area contributed by atoms with E-state index in [1.54, 1.807) is 0 Å². The number of benzene rings is 2. The van der Waals surface area contributed by atoms with Crippen molar-refractivity contribution < 1.29 is 0 Å². The van der Waals surface area contributed by atoms with E-state index < -0.39 is 0 Å². The highest BCUT2D eigenvalue weighted by Crippen LogP contribution is 2.33. The molecule has 0 aliphatic carbocycles. The highest BCUT2D eigenvalue weighted by molar-refractivity contribution is 5.89. The van der Waals surface area contributed by atoms with Gasteiger partial charge in [0.25, 0.3) is 0 Å². The summed E-state index contributed by atoms with van der Waals surface area (Å²) in [4.78, 5) is 13.1. The molecule has 8 rings (SSSR count). The van der Waals surface area contributed by atoms with Gasteiger partial charge in [0, 0.05) is 69.8 Å². The first-order valence-corrected chi connectivity index (χ1v) is 21.5. The van der Waals surface area contributed by atoms with E-state index in [2.05, 4.69) is 129 Å². The summed E-state index contributed by atoms with van der Waals surface area (Å²) < 4.78 is 8.45. The summed E-state index contributed by atoms with van der Waals surface area (Å²) in [5.41, 5.74) is 27.0. The van der Waals surface area contributed by atoms with Gasteiger partial charge in [0.2, 0.25) is 11.9 Å². The summed E-state index contributed by atoms with van der Waals surface area (Å²) in [7, 11) is 0. The molecule has 0 atom stereocenters. The third kappa shape index (κ3) is 8.37. The van der Waals surface area contributed by atoms with Crippen molar-refractivity contribution >= 4 is 56.8 Å². The quantitative estimate of drug-likeness (QED) is 0.0873. The van der Waals surface area contributed by atoms with Crippen LogP contribution in [0.25, 0.3) is 44.9 Å². The Labute approximate surface area is 358 Å². The minimum atomic E-state index is 0.308. The summed E-state index contributed by atoms with van der Waals surface area (Å²) in [6.45, 7) is 31.8. The van der Waals surface area contributed by atoms with Gasteiger partial charge in [0.1, 0.15) is 0 Å². The van der Waals surface area contributed by atoms with Gasteiger partial charge in [-0.25, -0.2) is 9.97 Å². The van der Waals surface area contributed by atoms with Crippen LogP contribution in [0.5, 0.6) is 0 Å². The zero-order valence-corrected chi connectivity index (χ0v) is 36.2. The number of aryl methyl sites for hydroxylation is 6. The molecule has 0 spiro atoms. The SMILES string of the molecule is C=C(N)c1cc2c3c(c1)nc(NC(=C)c1cc(C)nn1CC)n3C/C=C/Cn1c(NC(=C)c3cc(C)nn3CC)nc3cc(C(=C)N)cc(c31)CCC(N1CCNCC1)CC2. The molecule has 0 amide bonds. The second kappa shape index (κ2) is 17.3. The Bertz CT molecular complexity index is 2520. The Morgan fingerprint density at radius 3 is 1.54 bits per heavy atom. The molecule has 6 heterocycles. The fourth-order valence-corrected chi connectivity index (χ4v) is 9.03. The van der Waals surface area contributed by atoms with Crippen LogP contribution in [-0.2, 0) is 39.0 Å². The molecule has 0 saturated carbocycles. The molecule has 1 fully saturated rings. The van der Waals surface area contributed by atoms with E-state index in [0.29, 0.717) is 42.4 Å². The fraction of sp³-hybridized carbons (Fsp3) is 0.362. The van der Waals surface area contributed by atoms with Crippen LogP contribution in [0.3, 0.4) is 0 Å². The number of rotatable bonds is 11. The van der Waals surface area contributed by atoms with Crippen LogP contribution in [0.15, 0.2) is 74.9 Å². The van der Waals surface area contributed by atoms with E-state index >= 15 is 0 Å². The molecule has 2 aromatic carbocycles. The van der Waals surface area contributed by atoms with Crippen LogP contribution in [0.4, 0.5) is 11.9 Å². The lowest BCUT2D eigenvalue weighted by Crippen LogP contribution is -2.48. The molecule has 14 nitrogen and oxygen atoms in total. The third-order valence-electron chi connectivity index (χ3n) is 12.0. The second-order valence-corrected chi connectivity index (χ2v) is 16.3. The largest absolute Gasteiger partial charge is 0.399 e. The molecule has 4 aromatic heterocycles. The molecule has 2 aliphatic heterocycles. The second-order valence-electron chi connectivity index (χ2n) is 16.3. The zero-order chi connectivity index (χ0) is 42.9. The monoisotopic (exact) mass is 821 g/mol. The van der Waals surface area contributed by atoms with Gasteiger partial charge in [-0.1, -0.05) is 38.5 Å². The maximum absolute atomic E-state index is 6.41. The van der Waals surface area contributed by atoms with E-state index in [9.17, 15) is 0 Å². The lowest BCUT2D eigenvalue weighted by Gasteiger charge is -2.35. The molecule has 61 heavy (non-hydrogen) atoms. The van der Waals surface area contributed by atoms with Crippen LogP contribution in [0.1, 0.15) is 71.7 Å². The minimum absolute atomic E-state index is 0.308. The predicted octanol–water partition coefficient (Wildman–Crippen LogP) is 6.87. The number of allylic oxidation sites excluding steroid dienone is 2. The van der Waals surface area contributed by atoms with Crippen molar-refractivity contribution in [1.82, 2.24) is 48.9 Å². The van der Waals surface area contributed by atoms with E-state index in [0.717, 1.165) is 132 Å². The Hall–Kier alpha value is -6.38. The van der Waals surface area contributed by atoms with Gasteiger partial charge in [-0.2, -0.15) is 10.2 Å². The molecule has 7 N–H and O–H groups in total. The average molecular weight is 821 g/mol. The highest BCUT2D eigenvalue weighted by Gasteiger charge is 2.25. The van der Waals surface area contributed by atoms with Gasteiger partial charge in [0.05, 0.1) is 56.2 Å². The van der Waals surface area contributed by atoms with Crippen LogP contribution in [-0.4, -0.2) is 75.8 Å². The zero-order valence-electron chi connectivity index (χ0n) is 36.2. The normalized spacial score (nSPS) is 16.0. The van der Waals surface area contributed by atoms with E-state index in [4.69, 9.17) is 21.4 Å². The first-order chi connectivity index (χ1) is 29.4. The summed E-state index contributed by atoms with van der Waals surface area (Å²) in [5.74, 6) is 1.39. The van der Waals surface area contributed by atoms with Crippen molar-refractivity contribution in [2.45, 2.75) is 85.6 Å². The molecule has 318 valence electrons. The minimum Gasteiger partial charge on any atom is -0.399 e. The van der Waals surface area contributed by atoms with E-state index in [1.165, 1.54) is 11.1 Å². The molecule has 6 aromatic rings. The number of nitrogens with one attached hydrogen (secondary N) is 3. The molecular weight excluding hydrogens is 761 g/mol. The van der Waals surface area contributed by atoms with Gasteiger partial charge in [0.15, 0.2) is 0 Å². The van der Waals surface area contributed by atoms with E-state index in [-0.39, 0.29) is 0 Å². The lowest BCUT2D eigenvalue weighted by atomic mass is 9.94. The number of aromatic nitrogens is 8. The first-order valence-electron chi connectivity index (χ1n) is 21.5. The molecule has 0 bridgehead atoms. The molecule has 2 aliphatic rings. The summed E-state index contributed by atoms with van der Waals surface area (Å²) in [6, 6.07) is 12.9. The molecule has 0 radical (unpaired) electrons. The maximum Gasteiger partial charge on any atom is 0.208 e. The smallest absolute Gasteiger partial charge is 0.208 e. The van der Waals surface area contributed by atoms with Crippen molar-refractivity contribution in [1.29, 1.82) is 0 Å². The Kier molecular flexibility index (Phi) is 11.7. The van der Waals surface area contributed by atoms with Crippen LogP contribution < -0.4 is 27.4 Å². The maximum atomic E-state index is 6.41. The van der Waals surface area contributed by atoms with Crippen molar-refractivity contribution in [3.63, 3.8) is 0 Å². The Balaban J connectivity index is 1.27. The van der Waals surface area contributed by atoms with Crippen molar-refractivity contribution in [2.75, 3.05) is 36.8 Å². The summed E-state index contributed by atoms with van der Waals surface area (Å²) in [6.07, 6.45) is 7.97. The number of piperazine rings is 1. The number of nitrogens with two attached hydrogens (primary N) is 2. The van der Waals surface area contributed by atoms with Crippen molar-refractivity contribution in [3.8, 4) is 0 Å². The lowest BCUT2D eigenvalue weighted by molar-refractivity contribution is 0.157. The van der Waals surface area contributed by atoms with Gasteiger partial charge in [-0.15, -0.1) is 0 Å². The predicted molar refractivity (Wildman–Crippen MR) is 251 cm³/mol. The molecule has 0 unspecified atom stereocenters. The van der Waals surface area contributed by atoms with Crippen LogP contribution in [0, 0.1) is 13.8 Å². The van der Waals surface area contributed by atoms with Crippen LogP contribution >= 0.6 is 0 Å². The average Bonchev–Trinajstić information content (AvgIpc) is 4.01. The summed E-state index contributed by atoms with van der Waals surface area (Å²) in [5, 5.41) is 20.1. The number of imidazole rings is 2. The fourth-order valence-electron chi connectivity index (χ4n) is 9.03.